The molecule has 4 heteroatoms. The fourth-order valence-electron chi connectivity index (χ4n) is 1.19. The molecule has 0 amide bonds. The molecular weight excluding hydrogens is 265 g/mol. The molecule has 0 saturated carbocycles. The van der Waals surface area contributed by atoms with Gasteiger partial charge < -0.3 is 10.2 Å². The third-order valence-corrected chi connectivity index (χ3v) is 2.58. The molecule has 2 nitrogen and oxygen atoms in total. The van der Waals surface area contributed by atoms with Crippen LogP contribution < -0.4 is 5.73 Å². The summed E-state index contributed by atoms with van der Waals surface area (Å²) >= 11 is 9.24. The fourth-order valence-corrected chi connectivity index (χ4v) is 1.71. The number of nitrogens with two attached hydrogens (primary N) is 1. The van der Waals surface area contributed by atoms with E-state index in [4.69, 9.17) is 21.8 Å². The maximum Gasteiger partial charge on any atom is 0.169 e. The van der Waals surface area contributed by atoms with Crippen molar-refractivity contribution in [1.82, 2.24) is 0 Å². The molecule has 0 saturated heterocycles. The number of hydrogen-bond acceptors (Lipinski definition) is 2. The fraction of sp³-hybridized carbons (Fsp3) is 0. The summed E-state index contributed by atoms with van der Waals surface area (Å²) in [6.07, 6.45) is 0. The first-order chi connectivity index (χ1) is 6.66. The second-order valence-corrected chi connectivity index (χ2v) is 4.03. The molecule has 0 atom stereocenters. The van der Waals surface area contributed by atoms with Crippen molar-refractivity contribution in [2.45, 2.75) is 0 Å². The van der Waals surface area contributed by atoms with Gasteiger partial charge in [-0.3, -0.25) is 0 Å². The van der Waals surface area contributed by atoms with E-state index in [1.54, 1.807) is 18.2 Å². The van der Waals surface area contributed by atoms with E-state index >= 15 is 0 Å². The Morgan fingerprint density at radius 3 is 2.64 bits per heavy atom. The maximum absolute atomic E-state index is 6.01. The van der Waals surface area contributed by atoms with Crippen LogP contribution in [-0.4, -0.2) is 0 Å². The van der Waals surface area contributed by atoms with Crippen LogP contribution in [0.1, 0.15) is 0 Å². The van der Waals surface area contributed by atoms with Crippen molar-refractivity contribution >= 4 is 33.2 Å². The van der Waals surface area contributed by atoms with E-state index < -0.39 is 0 Å². The molecule has 0 unspecified atom stereocenters. The number of nitrogen functional groups attached to an aromatic ring is 1. The predicted molar refractivity (Wildman–Crippen MR) is 61.3 cm³/mol. The highest BCUT2D eigenvalue weighted by atomic mass is 79.9. The SMILES string of the molecule is Nc1ccc(Cl)c(-c2ccc(Br)o2)c1. The van der Waals surface area contributed by atoms with Crippen LogP contribution in [0, 0.1) is 0 Å². The van der Waals surface area contributed by atoms with Gasteiger partial charge in [0.25, 0.3) is 0 Å². The minimum absolute atomic E-state index is 0.626. The molecule has 0 fully saturated rings. The van der Waals surface area contributed by atoms with Gasteiger partial charge in [-0.25, -0.2) is 0 Å². The van der Waals surface area contributed by atoms with Crippen molar-refractivity contribution in [2.75, 3.05) is 5.73 Å². The van der Waals surface area contributed by atoms with Crippen LogP contribution in [0.25, 0.3) is 11.3 Å². The van der Waals surface area contributed by atoms with Gasteiger partial charge in [0.05, 0.1) is 5.02 Å². The molecule has 1 heterocycles. The summed E-state index contributed by atoms with van der Waals surface area (Å²) in [6.45, 7) is 0. The Morgan fingerprint density at radius 1 is 1.21 bits per heavy atom. The zero-order valence-electron chi connectivity index (χ0n) is 7.13. The van der Waals surface area contributed by atoms with E-state index in [1.165, 1.54) is 0 Å². The summed E-state index contributed by atoms with van der Waals surface area (Å²) < 4.78 is 6.05. The monoisotopic (exact) mass is 271 g/mol. The third kappa shape index (κ3) is 1.79. The average Bonchev–Trinajstić information content (AvgIpc) is 2.56. The largest absolute Gasteiger partial charge is 0.449 e. The van der Waals surface area contributed by atoms with Crippen LogP contribution in [0.3, 0.4) is 0 Å². The maximum atomic E-state index is 6.01. The summed E-state index contributed by atoms with van der Waals surface area (Å²) in [5.74, 6) is 0.703. The first kappa shape index (κ1) is 9.62. The van der Waals surface area contributed by atoms with Crippen molar-refractivity contribution in [1.29, 1.82) is 0 Å². The van der Waals surface area contributed by atoms with Gasteiger partial charge in [0.1, 0.15) is 5.76 Å². The highest BCUT2D eigenvalue weighted by Gasteiger charge is 2.07. The van der Waals surface area contributed by atoms with Crippen molar-refractivity contribution in [3.8, 4) is 11.3 Å². The summed E-state index contributed by atoms with van der Waals surface area (Å²) in [5, 5.41) is 0.626. The molecule has 1 aromatic carbocycles. The number of rotatable bonds is 1. The Morgan fingerprint density at radius 2 is 2.00 bits per heavy atom. The molecule has 2 aromatic rings. The van der Waals surface area contributed by atoms with Crippen LogP contribution in [-0.2, 0) is 0 Å². The van der Waals surface area contributed by atoms with Gasteiger partial charge in [0, 0.05) is 11.3 Å². The van der Waals surface area contributed by atoms with Crippen LogP contribution in [0.4, 0.5) is 5.69 Å². The first-order valence-electron chi connectivity index (χ1n) is 3.97. The van der Waals surface area contributed by atoms with Gasteiger partial charge in [-0.2, -0.15) is 0 Å². The number of anilines is 1. The normalized spacial score (nSPS) is 10.4. The Balaban J connectivity index is 2.55. The zero-order valence-corrected chi connectivity index (χ0v) is 9.47. The topological polar surface area (TPSA) is 39.2 Å². The lowest BCUT2D eigenvalue weighted by atomic mass is 10.1. The molecule has 2 N–H and O–H groups in total. The van der Waals surface area contributed by atoms with Crippen LogP contribution in [0.15, 0.2) is 39.4 Å². The third-order valence-electron chi connectivity index (χ3n) is 1.83. The molecule has 14 heavy (non-hydrogen) atoms. The molecule has 0 aliphatic rings. The van der Waals surface area contributed by atoms with Crippen molar-refractivity contribution in [3.05, 3.63) is 40.0 Å². The quantitative estimate of drug-likeness (QED) is 0.799. The summed E-state index contributed by atoms with van der Waals surface area (Å²) in [6, 6.07) is 8.94. The number of benzene rings is 1. The summed E-state index contributed by atoms with van der Waals surface area (Å²) in [7, 11) is 0. The lowest BCUT2D eigenvalue weighted by molar-refractivity contribution is 0.556. The molecule has 72 valence electrons. The molecule has 0 radical (unpaired) electrons. The van der Waals surface area contributed by atoms with Crippen molar-refractivity contribution in [3.63, 3.8) is 0 Å². The minimum Gasteiger partial charge on any atom is -0.449 e. The van der Waals surface area contributed by atoms with Crippen molar-refractivity contribution < 1.29 is 4.42 Å². The lowest BCUT2D eigenvalue weighted by Crippen LogP contribution is -1.85. The average molecular weight is 273 g/mol. The van der Waals surface area contributed by atoms with Gasteiger partial charge in [-0.1, -0.05) is 11.6 Å². The highest BCUT2D eigenvalue weighted by Crippen LogP contribution is 2.32. The molecule has 1 aromatic heterocycles. The van der Waals surface area contributed by atoms with Gasteiger partial charge >= 0.3 is 0 Å². The van der Waals surface area contributed by atoms with E-state index in [9.17, 15) is 0 Å². The smallest absolute Gasteiger partial charge is 0.169 e. The molecule has 0 spiro atoms. The van der Waals surface area contributed by atoms with Gasteiger partial charge in [-0.05, 0) is 46.3 Å². The Bertz CT molecular complexity index is 467. The first-order valence-corrected chi connectivity index (χ1v) is 5.14. The second-order valence-electron chi connectivity index (χ2n) is 2.84. The van der Waals surface area contributed by atoms with E-state index in [2.05, 4.69) is 15.9 Å². The number of furan rings is 1. The van der Waals surface area contributed by atoms with Gasteiger partial charge in [0.2, 0.25) is 0 Å². The lowest BCUT2D eigenvalue weighted by Gasteiger charge is -2.01. The van der Waals surface area contributed by atoms with Crippen LogP contribution in [0.2, 0.25) is 5.02 Å². The zero-order chi connectivity index (χ0) is 10.1. The molecule has 0 bridgehead atoms. The number of hydrogen-bond donors (Lipinski definition) is 1. The van der Waals surface area contributed by atoms with Gasteiger partial charge in [-0.15, -0.1) is 0 Å². The van der Waals surface area contributed by atoms with E-state index in [0.717, 1.165) is 5.56 Å². The van der Waals surface area contributed by atoms with Crippen LogP contribution in [0.5, 0.6) is 0 Å². The highest BCUT2D eigenvalue weighted by molar-refractivity contribution is 9.10. The molecule has 0 aliphatic carbocycles. The molecule has 2 rings (SSSR count). The predicted octanol–water partition coefficient (Wildman–Crippen LogP) is 3.94. The Kier molecular flexibility index (Phi) is 2.52. The van der Waals surface area contributed by atoms with Crippen LogP contribution >= 0.6 is 27.5 Å². The Hall–Kier alpha value is -0.930. The molecular formula is C10H7BrClNO. The van der Waals surface area contributed by atoms with Gasteiger partial charge in [0.15, 0.2) is 4.67 Å². The van der Waals surface area contributed by atoms with E-state index in [1.807, 2.05) is 12.1 Å². The summed E-state index contributed by atoms with van der Waals surface area (Å²) in [4.78, 5) is 0. The second kappa shape index (κ2) is 3.67. The molecule has 0 aliphatic heterocycles. The van der Waals surface area contributed by atoms with E-state index in [-0.39, 0.29) is 0 Å². The number of halogens is 2. The minimum atomic E-state index is 0.626. The summed E-state index contributed by atoms with van der Waals surface area (Å²) in [5.41, 5.74) is 7.13. The standard InChI is InChI=1S/C10H7BrClNO/c11-10-4-3-9(14-10)7-5-6(13)1-2-8(7)12/h1-5H,13H2. The van der Waals surface area contributed by atoms with E-state index in [0.29, 0.717) is 21.1 Å². The van der Waals surface area contributed by atoms with Crippen molar-refractivity contribution in [2.24, 2.45) is 0 Å². The Labute approximate surface area is 94.8 Å².